The highest BCUT2D eigenvalue weighted by atomic mass is 79.9. The predicted molar refractivity (Wildman–Crippen MR) is 120 cm³/mol. The van der Waals surface area contributed by atoms with E-state index in [0.29, 0.717) is 11.1 Å². The van der Waals surface area contributed by atoms with Gasteiger partial charge in [0, 0.05) is 44.9 Å². The van der Waals surface area contributed by atoms with Gasteiger partial charge < -0.3 is 9.32 Å². The standard InChI is InChI=1S/C21H18BrNO2S2/c1-3-23(4-2)14-6-5-13-11-15(21(24)25-16(13)12-14)17-7-8-18(26-17)19-9-10-20(22)27-19/h5-12H,3-4H2,1-2H3. The van der Waals surface area contributed by atoms with Crippen LogP contribution in [0.4, 0.5) is 5.69 Å². The van der Waals surface area contributed by atoms with Crippen molar-refractivity contribution in [3.05, 3.63) is 62.7 Å². The molecule has 3 aromatic heterocycles. The van der Waals surface area contributed by atoms with E-state index in [2.05, 4.69) is 52.9 Å². The Morgan fingerprint density at radius 3 is 2.33 bits per heavy atom. The Morgan fingerprint density at radius 1 is 0.926 bits per heavy atom. The van der Waals surface area contributed by atoms with Gasteiger partial charge in [0.05, 0.1) is 9.35 Å². The number of benzene rings is 1. The molecule has 0 aliphatic carbocycles. The number of nitrogens with zero attached hydrogens (tertiary/aromatic N) is 1. The summed E-state index contributed by atoms with van der Waals surface area (Å²) in [6, 6.07) is 16.2. The second kappa shape index (κ2) is 7.62. The molecule has 4 rings (SSSR count). The molecule has 0 saturated carbocycles. The monoisotopic (exact) mass is 459 g/mol. The second-order valence-corrected chi connectivity index (χ2v) is 9.66. The normalized spacial score (nSPS) is 11.2. The van der Waals surface area contributed by atoms with Crippen molar-refractivity contribution in [2.45, 2.75) is 13.8 Å². The van der Waals surface area contributed by atoms with Gasteiger partial charge in [-0.15, -0.1) is 22.7 Å². The lowest BCUT2D eigenvalue weighted by molar-refractivity contribution is 0.563. The lowest BCUT2D eigenvalue weighted by Crippen LogP contribution is -2.21. The Labute approximate surface area is 174 Å². The van der Waals surface area contributed by atoms with Crippen molar-refractivity contribution in [2.75, 3.05) is 18.0 Å². The van der Waals surface area contributed by atoms with E-state index in [1.807, 2.05) is 30.3 Å². The first kappa shape index (κ1) is 18.5. The minimum Gasteiger partial charge on any atom is -0.422 e. The summed E-state index contributed by atoms with van der Waals surface area (Å²) in [6.45, 7) is 6.07. The zero-order valence-electron chi connectivity index (χ0n) is 15.0. The van der Waals surface area contributed by atoms with E-state index in [4.69, 9.17) is 4.42 Å². The average Bonchev–Trinajstić information content (AvgIpc) is 3.31. The van der Waals surface area contributed by atoms with Crippen LogP contribution in [0, 0.1) is 0 Å². The van der Waals surface area contributed by atoms with E-state index in [-0.39, 0.29) is 5.63 Å². The highest BCUT2D eigenvalue weighted by Crippen LogP contribution is 2.38. The fourth-order valence-electron chi connectivity index (χ4n) is 3.12. The van der Waals surface area contributed by atoms with Gasteiger partial charge in [0.15, 0.2) is 0 Å². The highest BCUT2D eigenvalue weighted by molar-refractivity contribution is 9.11. The van der Waals surface area contributed by atoms with Crippen LogP contribution in [-0.4, -0.2) is 13.1 Å². The number of thiophene rings is 2. The highest BCUT2D eigenvalue weighted by Gasteiger charge is 2.13. The number of anilines is 1. The van der Waals surface area contributed by atoms with Gasteiger partial charge in [-0.2, -0.15) is 0 Å². The number of hydrogen-bond acceptors (Lipinski definition) is 5. The van der Waals surface area contributed by atoms with Crippen molar-refractivity contribution >= 4 is 55.3 Å². The molecule has 0 amide bonds. The average molecular weight is 460 g/mol. The molecule has 6 heteroatoms. The molecule has 0 saturated heterocycles. The zero-order chi connectivity index (χ0) is 19.0. The quantitative estimate of drug-likeness (QED) is 0.305. The Bertz CT molecular complexity index is 1150. The Morgan fingerprint density at radius 2 is 1.63 bits per heavy atom. The fraction of sp³-hybridized carbons (Fsp3) is 0.190. The van der Waals surface area contributed by atoms with E-state index in [1.54, 1.807) is 22.7 Å². The number of fused-ring (bicyclic) bond motifs is 1. The van der Waals surface area contributed by atoms with Gasteiger partial charge in [-0.25, -0.2) is 4.79 Å². The summed E-state index contributed by atoms with van der Waals surface area (Å²) in [6.07, 6.45) is 0. The largest absolute Gasteiger partial charge is 0.422 e. The number of halogens is 1. The van der Waals surface area contributed by atoms with E-state index >= 15 is 0 Å². The molecule has 0 atom stereocenters. The van der Waals surface area contributed by atoms with Crippen molar-refractivity contribution in [3.8, 4) is 20.2 Å². The van der Waals surface area contributed by atoms with Gasteiger partial charge in [-0.3, -0.25) is 0 Å². The first-order valence-corrected chi connectivity index (χ1v) is 11.2. The summed E-state index contributed by atoms with van der Waals surface area (Å²) in [5, 5.41) is 0.939. The van der Waals surface area contributed by atoms with Crippen LogP contribution in [0.25, 0.3) is 31.2 Å². The van der Waals surface area contributed by atoms with Crippen LogP contribution in [0.1, 0.15) is 13.8 Å². The van der Waals surface area contributed by atoms with Crippen LogP contribution in [-0.2, 0) is 0 Å². The predicted octanol–water partition coefficient (Wildman–Crippen LogP) is 6.86. The Balaban J connectivity index is 1.75. The van der Waals surface area contributed by atoms with Crippen molar-refractivity contribution in [3.63, 3.8) is 0 Å². The van der Waals surface area contributed by atoms with Crippen LogP contribution in [0.5, 0.6) is 0 Å². The fourth-order valence-corrected chi connectivity index (χ4v) is 5.61. The molecule has 3 nitrogen and oxygen atoms in total. The van der Waals surface area contributed by atoms with Gasteiger partial charge in [-0.05, 0) is 72.2 Å². The molecule has 0 aliphatic rings. The molecule has 0 bridgehead atoms. The summed E-state index contributed by atoms with van der Waals surface area (Å²) in [7, 11) is 0. The van der Waals surface area contributed by atoms with Crippen molar-refractivity contribution in [1.29, 1.82) is 0 Å². The van der Waals surface area contributed by atoms with Crippen LogP contribution < -0.4 is 10.5 Å². The maximum atomic E-state index is 12.6. The molecular weight excluding hydrogens is 442 g/mol. The molecule has 138 valence electrons. The third kappa shape index (κ3) is 3.61. The van der Waals surface area contributed by atoms with E-state index in [1.165, 1.54) is 4.88 Å². The van der Waals surface area contributed by atoms with Crippen LogP contribution >= 0.6 is 38.6 Å². The summed E-state index contributed by atoms with van der Waals surface area (Å²) in [5.41, 5.74) is 2.03. The maximum absolute atomic E-state index is 12.6. The molecule has 3 heterocycles. The third-order valence-electron chi connectivity index (χ3n) is 4.54. The van der Waals surface area contributed by atoms with Crippen molar-refractivity contribution in [1.82, 2.24) is 0 Å². The van der Waals surface area contributed by atoms with E-state index < -0.39 is 0 Å². The first-order chi connectivity index (χ1) is 13.1. The SMILES string of the molecule is CCN(CC)c1ccc2cc(-c3ccc(-c4ccc(Br)s4)s3)c(=O)oc2c1. The lowest BCUT2D eigenvalue weighted by Gasteiger charge is -2.20. The van der Waals surface area contributed by atoms with Gasteiger partial charge in [0.1, 0.15) is 5.58 Å². The molecule has 0 unspecified atom stereocenters. The third-order valence-corrected chi connectivity index (χ3v) is 7.47. The summed E-state index contributed by atoms with van der Waals surface area (Å²) >= 11 is 6.80. The maximum Gasteiger partial charge on any atom is 0.345 e. The topological polar surface area (TPSA) is 33.5 Å². The molecule has 0 radical (unpaired) electrons. The van der Waals surface area contributed by atoms with Gasteiger partial charge in [-0.1, -0.05) is 0 Å². The number of hydrogen-bond donors (Lipinski definition) is 0. The lowest BCUT2D eigenvalue weighted by atomic mass is 10.1. The molecule has 4 aromatic rings. The zero-order valence-corrected chi connectivity index (χ0v) is 18.2. The second-order valence-electron chi connectivity index (χ2n) is 6.11. The van der Waals surface area contributed by atoms with Gasteiger partial charge in [0.2, 0.25) is 0 Å². The molecule has 27 heavy (non-hydrogen) atoms. The van der Waals surface area contributed by atoms with Crippen molar-refractivity contribution in [2.24, 2.45) is 0 Å². The molecule has 0 N–H and O–H groups in total. The Hall–Kier alpha value is -1.89. The first-order valence-electron chi connectivity index (χ1n) is 8.77. The van der Waals surface area contributed by atoms with Crippen molar-refractivity contribution < 1.29 is 4.42 Å². The minimum absolute atomic E-state index is 0.292. The van der Waals surface area contributed by atoms with Crippen LogP contribution in [0.3, 0.4) is 0 Å². The molecule has 0 aliphatic heterocycles. The molecule has 0 spiro atoms. The minimum atomic E-state index is -0.292. The summed E-state index contributed by atoms with van der Waals surface area (Å²) < 4.78 is 6.76. The number of rotatable bonds is 5. The molecule has 0 fully saturated rings. The molecular formula is C21H18BrNO2S2. The van der Waals surface area contributed by atoms with E-state index in [0.717, 1.165) is 37.7 Å². The summed E-state index contributed by atoms with van der Waals surface area (Å²) in [4.78, 5) is 18.1. The molecule has 1 aromatic carbocycles. The smallest absolute Gasteiger partial charge is 0.345 e. The summed E-state index contributed by atoms with van der Waals surface area (Å²) in [5.74, 6) is 0. The van der Waals surface area contributed by atoms with E-state index in [9.17, 15) is 4.79 Å². The van der Waals surface area contributed by atoms with Crippen LogP contribution in [0.2, 0.25) is 0 Å². The van der Waals surface area contributed by atoms with Gasteiger partial charge >= 0.3 is 5.63 Å². The Kier molecular flexibility index (Phi) is 5.21. The van der Waals surface area contributed by atoms with Gasteiger partial charge in [0.25, 0.3) is 0 Å². The van der Waals surface area contributed by atoms with Crippen LogP contribution in [0.15, 0.2) is 61.5 Å².